The summed E-state index contributed by atoms with van der Waals surface area (Å²) in [6, 6.07) is 72.9. The number of aromatic nitrogens is 1. The van der Waals surface area contributed by atoms with E-state index in [0.717, 1.165) is 17.8 Å². The van der Waals surface area contributed by atoms with Gasteiger partial charge in [-0.05, 0) is 122 Å². The summed E-state index contributed by atoms with van der Waals surface area (Å²) in [4.78, 5) is 2.51. The van der Waals surface area contributed by atoms with Gasteiger partial charge in [0.25, 0.3) is 0 Å². The summed E-state index contributed by atoms with van der Waals surface area (Å²) < 4.78 is 2.54. The van der Waals surface area contributed by atoms with Gasteiger partial charge in [0, 0.05) is 44.8 Å². The molecular weight excluding hydrogens is 773 g/mol. The predicted octanol–water partition coefficient (Wildman–Crippen LogP) is 15.9. The predicted molar refractivity (Wildman–Crippen MR) is 268 cm³/mol. The number of allylic oxidation sites excluding steroid dienone is 8. The molecule has 0 aliphatic heterocycles. The summed E-state index contributed by atoms with van der Waals surface area (Å²) in [6.07, 6.45) is 14.8. The van der Waals surface area contributed by atoms with Gasteiger partial charge >= 0.3 is 0 Å². The van der Waals surface area contributed by atoms with Gasteiger partial charge in [0.1, 0.15) is 0 Å². The quantitative estimate of drug-likeness (QED) is 0.162. The molecule has 8 aromatic carbocycles. The Morgan fingerprint density at radius 3 is 1.69 bits per heavy atom. The number of nitrogens with zero attached hydrogens (tertiary/aromatic N) is 2. The Hall–Kier alpha value is -7.68. The monoisotopic (exact) mass is 818 g/mol. The van der Waals surface area contributed by atoms with Gasteiger partial charge in [-0.25, -0.2) is 0 Å². The van der Waals surface area contributed by atoms with E-state index in [9.17, 15) is 0 Å². The summed E-state index contributed by atoms with van der Waals surface area (Å²) in [7, 11) is 0. The lowest BCUT2D eigenvalue weighted by molar-refractivity contribution is 0.483. The van der Waals surface area contributed by atoms with Crippen LogP contribution in [0.15, 0.2) is 236 Å². The molecule has 0 radical (unpaired) electrons. The molecule has 2 heteroatoms. The van der Waals surface area contributed by atoms with Crippen LogP contribution in [0.5, 0.6) is 0 Å². The molecule has 0 saturated heterocycles. The second-order valence-electron chi connectivity index (χ2n) is 18.0. The van der Waals surface area contributed by atoms with Gasteiger partial charge in [0.05, 0.1) is 11.5 Å². The Balaban J connectivity index is 0.929. The Kier molecular flexibility index (Phi) is 8.33. The van der Waals surface area contributed by atoms with Crippen molar-refractivity contribution < 1.29 is 0 Å². The minimum Gasteiger partial charge on any atom is -0.333 e. The van der Waals surface area contributed by atoms with Crippen molar-refractivity contribution in [3.05, 3.63) is 259 Å². The first-order valence-electron chi connectivity index (χ1n) is 22.8. The number of para-hydroxylation sites is 1. The average molecular weight is 819 g/mol. The van der Waals surface area contributed by atoms with Crippen molar-refractivity contribution >= 4 is 38.8 Å². The molecule has 0 amide bonds. The van der Waals surface area contributed by atoms with Crippen molar-refractivity contribution in [2.24, 2.45) is 11.8 Å². The maximum Gasteiger partial charge on any atom is 0.0585 e. The van der Waals surface area contributed by atoms with Crippen LogP contribution in [0.4, 0.5) is 11.4 Å². The molecule has 0 N–H and O–H groups in total. The van der Waals surface area contributed by atoms with Gasteiger partial charge < -0.3 is 9.47 Å². The summed E-state index contributed by atoms with van der Waals surface area (Å²) in [5, 5.41) is 2.59. The molecule has 304 valence electrons. The maximum absolute atomic E-state index is 2.54. The third-order valence-electron chi connectivity index (χ3n) is 14.8. The van der Waals surface area contributed by atoms with Gasteiger partial charge in [-0.1, -0.05) is 189 Å². The largest absolute Gasteiger partial charge is 0.333 e. The molecule has 0 fully saturated rings. The topological polar surface area (TPSA) is 8.17 Å². The summed E-state index contributed by atoms with van der Waals surface area (Å²) in [5.74, 6) is 0.631. The fourth-order valence-electron chi connectivity index (χ4n) is 12.0. The molecule has 0 saturated carbocycles. The number of anilines is 2. The van der Waals surface area contributed by atoms with E-state index in [1.807, 2.05) is 0 Å². The molecule has 13 rings (SSSR count). The maximum atomic E-state index is 2.54. The van der Waals surface area contributed by atoms with Crippen molar-refractivity contribution in [1.82, 2.24) is 4.57 Å². The van der Waals surface area contributed by atoms with Crippen molar-refractivity contribution in [3.63, 3.8) is 0 Å². The van der Waals surface area contributed by atoms with Crippen LogP contribution in [0, 0.1) is 11.8 Å². The molecule has 1 spiro atoms. The molecule has 64 heavy (non-hydrogen) atoms. The number of benzene rings is 8. The fraction of sp³-hybridized carbons (Fsp3) is 0.0968. The lowest BCUT2D eigenvalue weighted by atomic mass is 9.65. The van der Waals surface area contributed by atoms with E-state index in [2.05, 4.69) is 247 Å². The van der Waals surface area contributed by atoms with Gasteiger partial charge in [-0.3, -0.25) is 0 Å². The highest BCUT2D eigenvalue weighted by Crippen LogP contribution is 2.66. The normalized spacial score (nSPS) is 18.7. The second-order valence-corrected chi connectivity index (χ2v) is 18.0. The van der Waals surface area contributed by atoms with Crippen molar-refractivity contribution in [2.45, 2.75) is 24.8 Å². The van der Waals surface area contributed by atoms with E-state index >= 15 is 0 Å². The van der Waals surface area contributed by atoms with E-state index in [1.54, 1.807) is 0 Å². The standard InChI is InChI=1S/C62H46N2/c1-41-15-5-13-25-59(41)64-60-26-14-9-21-53(60)54-39-45(31-38-61(54)64)44-29-34-47(35-30-44)63(46-32-27-43(28-33-46)42-16-3-2-4-17-42)48-36-37-52-51-20-8-12-24-57(51)62(58(52)40-48)55-22-10-6-18-49(55)50-19-7-11-23-56(50)62/h2-39,41,58-59H,40H2,1H3. The van der Waals surface area contributed by atoms with Crippen molar-refractivity contribution in [1.29, 1.82) is 0 Å². The Morgan fingerprint density at radius 1 is 0.469 bits per heavy atom. The Morgan fingerprint density at radius 2 is 1.00 bits per heavy atom. The second kappa shape index (κ2) is 14.4. The van der Waals surface area contributed by atoms with Crippen LogP contribution in [-0.4, -0.2) is 4.57 Å². The number of rotatable bonds is 6. The van der Waals surface area contributed by atoms with Crippen LogP contribution in [0.25, 0.3) is 60.8 Å². The van der Waals surface area contributed by atoms with E-state index in [4.69, 9.17) is 0 Å². The van der Waals surface area contributed by atoms with Crippen LogP contribution in [0.1, 0.15) is 41.6 Å². The van der Waals surface area contributed by atoms with Crippen LogP contribution in [-0.2, 0) is 5.41 Å². The molecule has 0 bridgehead atoms. The molecule has 3 atom stereocenters. The fourth-order valence-corrected chi connectivity index (χ4v) is 12.0. The Bertz CT molecular complexity index is 3390. The lowest BCUT2D eigenvalue weighted by Crippen LogP contribution is -2.34. The highest BCUT2D eigenvalue weighted by Gasteiger charge is 2.56. The average Bonchev–Trinajstić information content (AvgIpc) is 3.96. The minimum absolute atomic E-state index is 0.219. The zero-order valence-electron chi connectivity index (χ0n) is 35.8. The number of hydrogen-bond acceptors (Lipinski definition) is 1. The number of fused-ring (bicyclic) bond motifs is 13. The molecule has 4 aliphatic rings. The minimum atomic E-state index is -0.286. The molecule has 9 aromatic rings. The highest BCUT2D eigenvalue weighted by molar-refractivity contribution is 6.09. The molecule has 1 aromatic heterocycles. The zero-order chi connectivity index (χ0) is 42.4. The van der Waals surface area contributed by atoms with Gasteiger partial charge in [0.2, 0.25) is 0 Å². The third-order valence-corrected chi connectivity index (χ3v) is 14.8. The van der Waals surface area contributed by atoms with Crippen molar-refractivity contribution in [2.75, 3.05) is 4.90 Å². The summed E-state index contributed by atoms with van der Waals surface area (Å²) >= 11 is 0. The summed E-state index contributed by atoms with van der Waals surface area (Å²) in [5.41, 5.74) is 20.5. The summed E-state index contributed by atoms with van der Waals surface area (Å²) in [6.45, 7) is 2.32. The van der Waals surface area contributed by atoms with Gasteiger partial charge in [-0.2, -0.15) is 0 Å². The SMILES string of the molecule is CC1C=CC=CC1n1c2ccccc2c2cc(-c3ccc(N(C4=CC=C5c6ccccc6C6(c7ccccc7-c7ccccc76)C5C4)c4ccc(-c5ccccc5)cc4)cc3)ccc21. The van der Waals surface area contributed by atoms with Crippen LogP contribution in [0.3, 0.4) is 0 Å². The van der Waals surface area contributed by atoms with E-state index in [1.165, 1.54) is 88.7 Å². The van der Waals surface area contributed by atoms with E-state index in [0.29, 0.717) is 5.92 Å². The van der Waals surface area contributed by atoms with Crippen LogP contribution < -0.4 is 4.90 Å². The number of hydrogen-bond donors (Lipinski definition) is 0. The molecule has 2 nitrogen and oxygen atoms in total. The lowest BCUT2D eigenvalue weighted by Gasteiger charge is -2.39. The third kappa shape index (κ3) is 5.39. The molecular formula is C62H46N2. The first kappa shape index (κ1) is 36.9. The van der Waals surface area contributed by atoms with Gasteiger partial charge in [0.15, 0.2) is 0 Å². The molecule has 3 unspecified atom stereocenters. The van der Waals surface area contributed by atoms with E-state index < -0.39 is 0 Å². The Labute approximate surface area is 375 Å². The smallest absolute Gasteiger partial charge is 0.0585 e. The van der Waals surface area contributed by atoms with Gasteiger partial charge in [-0.15, -0.1) is 0 Å². The van der Waals surface area contributed by atoms with Crippen LogP contribution >= 0.6 is 0 Å². The zero-order valence-corrected chi connectivity index (χ0v) is 35.8. The molecule has 4 aliphatic carbocycles. The first-order valence-corrected chi connectivity index (χ1v) is 22.8. The first-order chi connectivity index (χ1) is 31.7. The van der Waals surface area contributed by atoms with Crippen molar-refractivity contribution in [3.8, 4) is 33.4 Å². The van der Waals surface area contributed by atoms with Crippen LogP contribution in [0.2, 0.25) is 0 Å². The van der Waals surface area contributed by atoms with E-state index in [-0.39, 0.29) is 17.4 Å². The molecule has 1 heterocycles. The highest BCUT2D eigenvalue weighted by atomic mass is 15.1.